The van der Waals surface area contributed by atoms with Crippen LogP contribution in [0.5, 0.6) is 0 Å². The molecular formula is C19H31IN4O2S. The summed E-state index contributed by atoms with van der Waals surface area (Å²) in [4.78, 5) is 6.82. The van der Waals surface area contributed by atoms with Crippen LogP contribution < -0.4 is 10.0 Å². The fourth-order valence-corrected chi connectivity index (χ4v) is 3.43. The Bertz CT molecular complexity index is 710. The third-order valence-corrected chi connectivity index (χ3v) is 5.69. The fourth-order valence-electron chi connectivity index (χ4n) is 2.83. The number of sulfonamides is 1. The Morgan fingerprint density at radius 3 is 2.44 bits per heavy atom. The zero-order valence-electron chi connectivity index (χ0n) is 16.1. The summed E-state index contributed by atoms with van der Waals surface area (Å²) in [6, 6.07) is 10.4. The lowest BCUT2D eigenvalue weighted by Gasteiger charge is -2.31. The van der Waals surface area contributed by atoms with Gasteiger partial charge in [0.2, 0.25) is 10.0 Å². The van der Waals surface area contributed by atoms with E-state index in [0.29, 0.717) is 13.1 Å². The van der Waals surface area contributed by atoms with E-state index in [-0.39, 0.29) is 29.7 Å². The van der Waals surface area contributed by atoms with Crippen LogP contribution in [-0.2, 0) is 10.0 Å². The maximum atomic E-state index is 11.5. The van der Waals surface area contributed by atoms with Gasteiger partial charge in [0, 0.05) is 26.2 Å². The summed E-state index contributed by atoms with van der Waals surface area (Å²) in [6.45, 7) is 7.08. The van der Waals surface area contributed by atoms with E-state index in [9.17, 15) is 8.42 Å². The van der Waals surface area contributed by atoms with Gasteiger partial charge in [-0.05, 0) is 32.3 Å². The first-order valence-electron chi connectivity index (χ1n) is 9.29. The first-order valence-corrected chi connectivity index (χ1v) is 10.9. The molecular weight excluding hydrogens is 475 g/mol. The van der Waals surface area contributed by atoms with Crippen LogP contribution >= 0.6 is 24.0 Å². The molecule has 2 rings (SSSR count). The summed E-state index contributed by atoms with van der Waals surface area (Å²) in [6.07, 6.45) is 4.31. The third kappa shape index (κ3) is 8.61. The Morgan fingerprint density at radius 2 is 1.85 bits per heavy atom. The van der Waals surface area contributed by atoms with Crippen LogP contribution in [0.4, 0.5) is 0 Å². The van der Waals surface area contributed by atoms with Crippen LogP contribution in [0, 0.1) is 0 Å². The van der Waals surface area contributed by atoms with Crippen LogP contribution in [0.3, 0.4) is 0 Å². The van der Waals surface area contributed by atoms with Crippen molar-refractivity contribution in [1.29, 1.82) is 0 Å². The second-order valence-electron chi connectivity index (χ2n) is 6.23. The molecule has 0 spiro atoms. The van der Waals surface area contributed by atoms with Crippen molar-refractivity contribution < 1.29 is 8.42 Å². The first-order chi connectivity index (χ1) is 12.5. The topological polar surface area (TPSA) is 73.8 Å². The van der Waals surface area contributed by atoms with Crippen molar-refractivity contribution in [1.82, 2.24) is 14.9 Å². The molecule has 0 bridgehead atoms. The Kier molecular flexibility index (Phi) is 10.9. The molecule has 2 N–H and O–H groups in total. The van der Waals surface area contributed by atoms with Crippen molar-refractivity contribution in [2.75, 3.05) is 38.5 Å². The van der Waals surface area contributed by atoms with E-state index in [4.69, 9.17) is 0 Å². The normalized spacial score (nSPS) is 15.3. The van der Waals surface area contributed by atoms with Gasteiger partial charge in [0.25, 0.3) is 0 Å². The molecule has 1 heterocycles. The van der Waals surface area contributed by atoms with E-state index in [0.717, 1.165) is 38.4 Å². The van der Waals surface area contributed by atoms with Crippen molar-refractivity contribution in [2.24, 2.45) is 4.99 Å². The molecule has 1 aromatic rings. The highest BCUT2D eigenvalue weighted by Crippen LogP contribution is 2.19. The van der Waals surface area contributed by atoms with Crippen molar-refractivity contribution >= 4 is 46.0 Å². The number of hydrogen-bond donors (Lipinski definition) is 2. The number of likely N-dealkylation sites (tertiary alicyclic amines) is 1. The molecule has 8 heteroatoms. The maximum Gasteiger partial charge on any atom is 0.211 e. The van der Waals surface area contributed by atoms with Gasteiger partial charge in [-0.15, -0.1) is 24.0 Å². The zero-order valence-corrected chi connectivity index (χ0v) is 19.3. The minimum absolute atomic E-state index is 0. The summed E-state index contributed by atoms with van der Waals surface area (Å²) >= 11 is 0. The fraction of sp³-hybridized carbons (Fsp3) is 0.526. The van der Waals surface area contributed by atoms with Crippen molar-refractivity contribution in [3.63, 3.8) is 0 Å². The summed E-state index contributed by atoms with van der Waals surface area (Å²) < 4.78 is 25.5. The van der Waals surface area contributed by atoms with Gasteiger partial charge in [-0.3, -0.25) is 4.99 Å². The van der Waals surface area contributed by atoms with E-state index in [1.54, 1.807) is 6.92 Å². The van der Waals surface area contributed by atoms with E-state index >= 15 is 0 Å². The molecule has 1 aliphatic rings. The van der Waals surface area contributed by atoms with Crippen molar-refractivity contribution in [2.45, 2.75) is 26.7 Å². The molecule has 0 aromatic heterocycles. The summed E-state index contributed by atoms with van der Waals surface area (Å²) in [5.74, 6) is 0.960. The molecule has 6 nitrogen and oxygen atoms in total. The zero-order chi connectivity index (χ0) is 18.8. The number of benzene rings is 1. The van der Waals surface area contributed by atoms with E-state index in [1.165, 1.54) is 11.1 Å². The number of nitrogens with one attached hydrogen (secondary N) is 2. The first kappa shape index (κ1) is 23.9. The number of nitrogens with zero attached hydrogens (tertiary/aromatic N) is 2. The van der Waals surface area contributed by atoms with E-state index in [1.807, 2.05) is 13.0 Å². The van der Waals surface area contributed by atoms with Gasteiger partial charge in [0.1, 0.15) is 0 Å². The Balaban J connectivity index is 0.00000364. The highest BCUT2D eigenvalue weighted by Gasteiger charge is 2.17. The average molecular weight is 506 g/mol. The number of aliphatic imine (C=N–C) groups is 1. The summed E-state index contributed by atoms with van der Waals surface area (Å²) in [7, 11) is -3.15. The van der Waals surface area contributed by atoms with Crippen LogP contribution in [0.25, 0.3) is 6.08 Å². The van der Waals surface area contributed by atoms with Gasteiger partial charge in [0.15, 0.2) is 5.96 Å². The van der Waals surface area contributed by atoms with Gasteiger partial charge < -0.3 is 10.2 Å². The summed E-state index contributed by atoms with van der Waals surface area (Å²) in [5, 5.41) is 3.31. The number of hydrogen-bond acceptors (Lipinski definition) is 3. The van der Waals surface area contributed by atoms with Crippen molar-refractivity contribution in [3.8, 4) is 0 Å². The molecule has 152 valence electrons. The average Bonchev–Trinajstić information content (AvgIpc) is 2.66. The number of guanidine groups is 1. The number of halogens is 1. The standard InChI is InChI=1S/C19H30N4O2S.HI/c1-3-20-19(21-12-13-22-26(24,25)4-2)23-14-10-18(11-15-23)16-17-8-6-5-7-9-17;/h5-9,16,22H,3-4,10-15H2,1-2H3,(H,20,21);1H. The lowest BCUT2D eigenvalue weighted by Crippen LogP contribution is -2.44. The molecule has 1 aromatic carbocycles. The van der Waals surface area contributed by atoms with Crippen LogP contribution in [0.15, 0.2) is 40.9 Å². The van der Waals surface area contributed by atoms with E-state index in [2.05, 4.69) is 50.3 Å². The molecule has 0 aliphatic carbocycles. The minimum atomic E-state index is -3.15. The maximum absolute atomic E-state index is 11.5. The Hall–Kier alpha value is -1.13. The SMILES string of the molecule is CCNC(=NCCNS(=O)(=O)CC)N1CCC(=Cc2ccccc2)CC1.I. The smallest absolute Gasteiger partial charge is 0.211 e. The van der Waals surface area contributed by atoms with E-state index < -0.39 is 10.0 Å². The second kappa shape index (κ2) is 12.4. The summed E-state index contributed by atoms with van der Waals surface area (Å²) in [5.41, 5.74) is 2.71. The van der Waals surface area contributed by atoms with Gasteiger partial charge >= 0.3 is 0 Å². The minimum Gasteiger partial charge on any atom is -0.357 e. The van der Waals surface area contributed by atoms with Gasteiger partial charge in [-0.2, -0.15) is 0 Å². The third-order valence-electron chi connectivity index (χ3n) is 4.29. The molecule has 0 atom stereocenters. The predicted octanol–water partition coefficient (Wildman–Crippen LogP) is 2.69. The largest absolute Gasteiger partial charge is 0.357 e. The Labute approximate surface area is 180 Å². The van der Waals surface area contributed by atoms with Crippen LogP contribution in [-0.4, -0.2) is 57.8 Å². The molecule has 0 amide bonds. The highest BCUT2D eigenvalue weighted by molar-refractivity contribution is 14.0. The molecule has 1 saturated heterocycles. The lowest BCUT2D eigenvalue weighted by molar-refractivity contribution is 0.375. The second-order valence-corrected chi connectivity index (χ2v) is 8.33. The predicted molar refractivity (Wildman–Crippen MR) is 124 cm³/mol. The van der Waals surface area contributed by atoms with Crippen LogP contribution in [0.2, 0.25) is 0 Å². The molecule has 1 aliphatic heterocycles. The van der Waals surface area contributed by atoms with Crippen LogP contribution in [0.1, 0.15) is 32.3 Å². The molecule has 0 unspecified atom stereocenters. The van der Waals surface area contributed by atoms with Gasteiger partial charge in [-0.25, -0.2) is 13.1 Å². The highest BCUT2D eigenvalue weighted by atomic mass is 127. The monoisotopic (exact) mass is 506 g/mol. The van der Waals surface area contributed by atoms with Gasteiger partial charge in [0.05, 0.1) is 12.3 Å². The molecule has 1 fully saturated rings. The lowest BCUT2D eigenvalue weighted by atomic mass is 10.0. The quantitative estimate of drug-likeness (QED) is 0.258. The molecule has 0 radical (unpaired) electrons. The van der Waals surface area contributed by atoms with Crippen molar-refractivity contribution in [3.05, 3.63) is 41.5 Å². The molecule has 0 saturated carbocycles. The number of rotatable bonds is 7. The van der Waals surface area contributed by atoms with Gasteiger partial charge in [-0.1, -0.05) is 42.0 Å². The Morgan fingerprint density at radius 1 is 1.19 bits per heavy atom. The number of piperidine rings is 1. The molecule has 27 heavy (non-hydrogen) atoms.